The standard InChI is InChI=1S/C11H9ClN2O4/c1-6-2-3-7(14(16)17)4-8(6)9-5-10(11(12)15)18-13-9/h2-5,11,15H,1H3. The third-order valence-electron chi connectivity index (χ3n) is 2.47. The van der Waals surface area contributed by atoms with Crippen molar-refractivity contribution >= 4 is 17.3 Å². The Kier molecular flexibility index (Phi) is 3.31. The van der Waals surface area contributed by atoms with E-state index in [0.717, 1.165) is 5.56 Å². The van der Waals surface area contributed by atoms with Gasteiger partial charge in [0.1, 0.15) is 5.69 Å². The Hall–Kier alpha value is -1.92. The molecule has 0 spiro atoms. The van der Waals surface area contributed by atoms with Crippen LogP contribution in [0.15, 0.2) is 28.8 Å². The lowest BCUT2D eigenvalue weighted by molar-refractivity contribution is -0.384. The van der Waals surface area contributed by atoms with Crippen LogP contribution in [0.2, 0.25) is 0 Å². The molecule has 1 unspecified atom stereocenters. The van der Waals surface area contributed by atoms with Crippen molar-refractivity contribution in [1.29, 1.82) is 0 Å². The molecule has 0 amide bonds. The van der Waals surface area contributed by atoms with Crippen LogP contribution >= 0.6 is 11.6 Å². The fourth-order valence-electron chi connectivity index (χ4n) is 1.53. The summed E-state index contributed by atoms with van der Waals surface area (Å²) in [7, 11) is 0. The molecule has 0 fully saturated rings. The minimum Gasteiger partial charge on any atom is -0.371 e. The van der Waals surface area contributed by atoms with Crippen LogP contribution in [0, 0.1) is 17.0 Å². The van der Waals surface area contributed by atoms with Gasteiger partial charge in [-0.1, -0.05) is 22.8 Å². The number of rotatable bonds is 3. The first-order valence-corrected chi connectivity index (χ1v) is 5.47. The van der Waals surface area contributed by atoms with Crippen molar-refractivity contribution in [2.24, 2.45) is 0 Å². The second-order valence-electron chi connectivity index (χ2n) is 3.71. The number of alkyl halides is 1. The lowest BCUT2D eigenvalue weighted by Crippen LogP contribution is -1.90. The number of aliphatic hydroxyl groups is 1. The first kappa shape index (κ1) is 12.5. The molecule has 2 rings (SSSR count). The molecule has 6 nitrogen and oxygen atoms in total. The quantitative estimate of drug-likeness (QED) is 0.525. The lowest BCUT2D eigenvalue weighted by atomic mass is 10.0. The van der Waals surface area contributed by atoms with E-state index in [-0.39, 0.29) is 11.4 Å². The van der Waals surface area contributed by atoms with Crippen molar-refractivity contribution in [3.8, 4) is 11.3 Å². The van der Waals surface area contributed by atoms with Gasteiger partial charge in [0.15, 0.2) is 11.3 Å². The minimum atomic E-state index is -1.29. The molecular formula is C11H9ClN2O4. The molecule has 18 heavy (non-hydrogen) atoms. The molecule has 0 radical (unpaired) electrons. The predicted octanol–water partition coefficient (Wildman–Crippen LogP) is 2.79. The highest BCUT2D eigenvalue weighted by molar-refractivity contribution is 6.19. The van der Waals surface area contributed by atoms with Crippen molar-refractivity contribution in [3.63, 3.8) is 0 Å². The summed E-state index contributed by atoms with van der Waals surface area (Å²) in [6.07, 6.45) is 0. The van der Waals surface area contributed by atoms with Gasteiger partial charge in [-0.2, -0.15) is 0 Å². The highest BCUT2D eigenvalue weighted by Gasteiger charge is 2.16. The van der Waals surface area contributed by atoms with Gasteiger partial charge < -0.3 is 9.63 Å². The maximum Gasteiger partial charge on any atom is 0.270 e. The van der Waals surface area contributed by atoms with E-state index in [1.54, 1.807) is 13.0 Å². The predicted molar refractivity (Wildman–Crippen MR) is 64.1 cm³/mol. The molecule has 1 aromatic carbocycles. The Bertz CT molecular complexity index is 594. The van der Waals surface area contributed by atoms with E-state index < -0.39 is 10.5 Å². The molecule has 0 aliphatic heterocycles. The van der Waals surface area contributed by atoms with Crippen LogP contribution in [0.25, 0.3) is 11.3 Å². The van der Waals surface area contributed by atoms with E-state index in [9.17, 15) is 10.1 Å². The zero-order chi connectivity index (χ0) is 13.3. The fourth-order valence-corrected chi connectivity index (χ4v) is 1.63. The number of hydrogen-bond donors (Lipinski definition) is 1. The second-order valence-corrected chi connectivity index (χ2v) is 4.12. The van der Waals surface area contributed by atoms with Gasteiger partial charge in [-0.3, -0.25) is 10.1 Å². The van der Waals surface area contributed by atoms with Crippen molar-refractivity contribution in [1.82, 2.24) is 5.16 Å². The third-order valence-corrected chi connectivity index (χ3v) is 2.69. The van der Waals surface area contributed by atoms with Crippen molar-refractivity contribution < 1.29 is 14.6 Å². The molecule has 0 saturated carbocycles. The molecular weight excluding hydrogens is 260 g/mol. The molecule has 1 atom stereocenters. The highest BCUT2D eigenvalue weighted by atomic mass is 35.5. The molecule has 0 bridgehead atoms. The average molecular weight is 269 g/mol. The van der Waals surface area contributed by atoms with E-state index in [1.165, 1.54) is 18.2 Å². The number of nitro benzene ring substituents is 1. The van der Waals surface area contributed by atoms with E-state index >= 15 is 0 Å². The van der Waals surface area contributed by atoms with E-state index in [2.05, 4.69) is 5.16 Å². The van der Waals surface area contributed by atoms with Crippen LogP contribution in [0.1, 0.15) is 16.9 Å². The van der Waals surface area contributed by atoms with Crippen molar-refractivity contribution in [3.05, 3.63) is 45.7 Å². The maximum absolute atomic E-state index is 10.7. The Balaban J connectivity index is 2.48. The first-order valence-electron chi connectivity index (χ1n) is 5.03. The largest absolute Gasteiger partial charge is 0.371 e. The number of benzene rings is 1. The summed E-state index contributed by atoms with van der Waals surface area (Å²) in [5.41, 5.74) is 0.448. The van der Waals surface area contributed by atoms with Crippen LogP contribution in [0.4, 0.5) is 5.69 Å². The summed E-state index contributed by atoms with van der Waals surface area (Å²) < 4.78 is 4.83. The van der Waals surface area contributed by atoms with Crippen molar-refractivity contribution in [2.75, 3.05) is 0 Å². The van der Waals surface area contributed by atoms with Gasteiger partial charge in [0.2, 0.25) is 0 Å². The van der Waals surface area contributed by atoms with Gasteiger partial charge in [0, 0.05) is 23.8 Å². The normalized spacial score (nSPS) is 12.4. The molecule has 0 saturated heterocycles. The smallest absolute Gasteiger partial charge is 0.270 e. The zero-order valence-electron chi connectivity index (χ0n) is 9.33. The molecule has 7 heteroatoms. The van der Waals surface area contributed by atoms with E-state index in [4.69, 9.17) is 21.2 Å². The molecule has 1 N–H and O–H groups in total. The number of non-ortho nitro benzene ring substituents is 1. The van der Waals surface area contributed by atoms with Gasteiger partial charge in [0.05, 0.1) is 4.92 Å². The van der Waals surface area contributed by atoms with Crippen LogP contribution in [-0.2, 0) is 0 Å². The lowest BCUT2D eigenvalue weighted by Gasteiger charge is -2.01. The topological polar surface area (TPSA) is 89.4 Å². The number of aryl methyl sites for hydroxylation is 1. The zero-order valence-corrected chi connectivity index (χ0v) is 10.1. The number of aliphatic hydroxyl groups excluding tert-OH is 1. The van der Waals surface area contributed by atoms with Crippen molar-refractivity contribution in [2.45, 2.75) is 12.5 Å². The Morgan fingerprint density at radius 3 is 2.78 bits per heavy atom. The average Bonchev–Trinajstić information content (AvgIpc) is 2.78. The molecule has 94 valence electrons. The van der Waals surface area contributed by atoms with Gasteiger partial charge in [0.25, 0.3) is 5.69 Å². The van der Waals surface area contributed by atoms with Crippen LogP contribution in [0.3, 0.4) is 0 Å². The molecule has 0 aliphatic rings. The number of hydrogen-bond acceptors (Lipinski definition) is 5. The molecule has 1 heterocycles. The molecule has 1 aromatic heterocycles. The summed E-state index contributed by atoms with van der Waals surface area (Å²) in [4.78, 5) is 10.2. The summed E-state index contributed by atoms with van der Waals surface area (Å²) in [5, 5.41) is 23.6. The summed E-state index contributed by atoms with van der Waals surface area (Å²) in [6, 6.07) is 5.89. The van der Waals surface area contributed by atoms with Crippen LogP contribution in [-0.4, -0.2) is 15.2 Å². The summed E-state index contributed by atoms with van der Waals surface area (Å²) in [5.74, 6) is 0.0950. The monoisotopic (exact) mass is 268 g/mol. The number of nitrogens with zero attached hydrogens (tertiary/aromatic N) is 2. The third kappa shape index (κ3) is 2.34. The van der Waals surface area contributed by atoms with Gasteiger partial charge in [-0.25, -0.2) is 0 Å². The minimum absolute atomic E-state index is 0.0356. The van der Waals surface area contributed by atoms with Gasteiger partial charge in [-0.05, 0) is 12.5 Å². The Morgan fingerprint density at radius 1 is 1.50 bits per heavy atom. The van der Waals surface area contributed by atoms with E-state index in [1.807, 2.05) is 0 Å². The number of aromatic nitrogens is 1. The second kappa shape index (κ2) is 4.75. The summed E-state index contributed by atoms with van der Waals surface area (Å²) >= 11 is 5.44. The number of nitro groups is 1. The van der Waals surface area contributed by atoms with E-state index in [0.29, 0.717) is 11.3 Å². The van der Waals surface area contributed by atoms with Gasteiger partial charge >= 0.3 is 0 Å². The maximum atomic E-state index is 10.7. The Labute approximate surface area is 107 Å². The fraction of sp³-hybridized carbons (Fsp3) is 0.182. The Morgan fingerprint density at radius 2 is 2.22 bits per heavy atom. The van der Waals surface area contributed by atoms with Crippen LogP contribution < -0.4 is 0 Å². The van der Waals surface area contributed by atoms with Gasteiger partial charge in [-0.15, -0.1) is 0 Å². The highest BCUT2D eigenvalue weighted by Crippen LogP contribution is 2.29. The molecule has 0 aliphatic carbocycles. The summed E-state index contributed by atoms with van der Waals surface area (Å²) in [6.45, 7) is 1.80. The number of halogens is 1. The first-order chi connectivity index (χ1) is 8.49. The van der Waals surface area contributed by atoms with Crippen LogP contribution in [0.5, 0.6) is 0 Å². The molecule has 2 aromatic rings. The SMILES string of the molecule is Cc1ccc([N+](=O)[O-])cc1-c1cc(C(O)Cl)on1.